The highest BCUT2D eigenvalue weighted by Gasteiger charge is 1.93. The van der Waals surface area contributed by atoms with Crippen molar-refractivity contribution in [1.82, 2.24) is 0 Å². The van der Waals surface area contributed by atoms with E-state index in [0.717, 1.165) is 6.26 Å². The smallest absolute Gasteiger partial charge is 0.364 e. The number of halogens is 2. The minimum absolute atomic E-state index is 0.207. The van der Waals surface area contributed by atoms with Crippen molar-refractivity contribution in [2.75, 3.05) is 11.8 Å². The molecule has 1 N–H and O–H groups in total. The van der Waals surface area contributed by atoms with Gasteiger partial charge in [-0.3, -0.25) is 0 Å². The predicted molar refractivity (Wildman–Crippen MR) is 41.8 cm³/mol. The van der Waals surface area contributed by atoms with Crippen LogP contribution in [0.15, 0.2) is 11.8 Å². The van der Waals surface area contributed by atoms with Crippen LogP contribution in [0.2, 0.25) is 0 Å². The van der Waals surface area contributed by atoms with Gasteiger partial charge in [0.25, 0.3) is 0 Å². The molecule has 0 aromatic carbocycles. The van der Waals surface area contributed by atoms with Gasteiger partial charge in [-0.25, -0.2) is 4.57 Å². The standard InChI is InChI=1S/C4H7Cl2O3P/c5-1-4(2-6)3-9-10(7)8/h3,10H,1-2H2,(H,7,8). The molecule has 3 nitrogen and oxygen atoms in total. The fourth-order valence-corrected chi connectivity index (χ4v) is 0.912. The van der Waals surface area contributed by atoms with Crippen LogP contribution in [-0.2, 0) is 9.09 Å². The molecule has 0 bridgehead atoms. The summed E-state index contributed by atoms with van der Waals surface area (Å²) >= 11 is 10.7. The summed E-state index contributed by atoms with van der Waals surface area (Å²) < 4.78 is 14.2. The number of hydrogen-bond acceptors (Lipinski definition) is 2. The number of hydrogen-bond donors (Lipinski definition) is 1. The third kappa shape index (κ3) is 5.12. The second-order valence-electron chi connectivity index (χ2n) is 1.43. The number of rotatable bonds is 4. The molecule has 60 valence electrons. The Morgan fingerprint density at radius 3 is 2.40 bits per heavy atom. The van der Waals surface area contributed by atoms with Crippen LogP contribution in [0.25, 0.3) is 0 Å². The maximum absolute atomic E-state index is 9.97. The Balaban J connectivity index is 3.74. The summed E-state index contributed by atoms with van der Waals surface area (Å²) in [6.45, 7) is 0. The summed E-state index contributed by atoms with van der Waals surface area (Å²) in [4.78, 5) is 8.19. The average molecular weight is 205 g/mol. The molecular formula is C4H7Cl2O3P. The van der Waals surface area contributed by atoms with Gasteiger partial charge in [0.05, 0.1) is 6.26 Å². The van der Waals surface area contributed by atoms with Gasteiger partial charge in [-0.15, -0.1) is 23.2 Å². The van der Waals surface area contributed by atoms with Crippen LogP contribution in [0.5, 0.6) is 0 Å². The first kappa shape index (κ1) is 10.3. The molecule has 10 heavy (non-hydrogen) atoms. The van der Waals surface area contributed by atoms with Gasteiger partial charge >= 0.3 is 8.25 Å². The minimum Gasteiger partial charge on any atom is -0.434 e. The first-order valence-corrected chi connectivity index (χ1v) is 4.73. The van der Waals surface area contributed by atoms with Crippen molar-refractivity contribution in [2.24, 2.45) is 0 Å². The van der Waals surface area contributed by atoms with Crippen molar-refractivity contribution in [2.45, 2.75) is 0 Å². The zero-order chi connectivity index (χ0) is 7.98. The van der Waals surface area contributed by atoms with E-state index in [4.69, 9.17) is 28.1 Å². The Morgan fingerprint density at radius 1 is 1.60 bits per heavy atom. The van der Waals surface area contributed by atoms with E-state index in [-0.39, 0.29) is 11.8 Å². The molecular weight excluding hydrogens is 198 g/mol. The second kappa shape index (κ2) is 6.05. The molecule has 0 aromatic heterocycles. The Bertz CT molecular complexity index is 141. The molecule has 1 atom stereocenters. The van der Waals surface area contributed by atoms with Crippen molar-refractivity contribution in [3.8, 4) is 0 Å². The fourth-order valence-electron chi connectivity index (χ4n) is 0.232. The van der Waals surface area contributed by atoms with Crippen LogP contribution < -0.4 is 0 Å². The van der Waals surface area contributed by atoms with E-state index in [2.05, 4.69) is 4.52 Å². The lowest BCUT2D eigenvalue weighted by Crippen LogP contribution is -1.85. The van der Waals surface area contributed by atoms with Gasteiger partial charge in [0, 0.05) is 11.8 Å². The van der Waals surface area contributed by atoms with E-state index in [1.54, 1.807) is 0 Å². The molecule has 1 unspecified atom stereocenters. The van der Waals surface area contributed by atoms with Gasteiger partial charge in [0.1, 0.15) is 0 Å². The summed E-state index contributed by atoms with van der Waals surface area (Å²) in [5, 5.41) is 0. The Kier molecular flexibility index (Phi) is 6.24. The molecule has 0 spiro atoms. The Morgan fingerprint density at radius 2 is 2.10 bits per heavy atom. The largest absolute Gasteiger partial charge is 0.434 e. The lowest BCUT2D eigenvalue weighted by molar-refractivity contribution is 0.376. The van der Waals surface area contributed by atoms with E-state index >= 15 is 0 Å². The summed E-state index contributed by atoms with van der Waals surface area (Å²) in [6.07, 6.45) is 1.11. The molecule has 0 saturated heterocycles. The van der Waals surface area contributed by atoms with E-state index in [9.17, 15) is 4.57 Å². The maximum atomic E-state index is 9.97. The summed E-state index contributed by atoms with van der Waals surface area (Å²) in [6, 6.07) is 0. The average Bonchev–Trinajstić information content (AvgIpc) is 1.90. The summed E-state index contributed by atoms with van der Waals surface area (Å²) in [5.74, 6) is 0.414. The zero-order valence-electron chi connectivity index (χ0n) is 5.01. The minimum atomic E-state index is -2.89. The van der Waals surface area contributed by atoms with Crippen LogP contribution in [0.3, 0.4) is 0 Å². The fraction of sp³-hybridized carbons (Fsp3) is 0.500. The predicted octanol–water partition coefficient (Wildman–Crippen LogP) is 1.75. The highest BCUT2D eigenvalue weighted by molar-refractivity contribution is 7.32. The molecule has 0 rings (SSSR count). The summed E-state index contributed by atoms with van der Waals surface area (Å²) in [7, 11) is -2.89. The quantitative estimate of drug-likeness (QED) is 0.432. The number of alkyl halides is 2. The van der Waals surface area contributed by atoms with Crippen LogP contribution in [0.4, 0.5) is 0 Å². The van der Waals surface area contributed by atoms with E-state index < -0.39 is 8.25 Å². The van der Waals surface area contributed by atoms with E-state index in [1.165, 1.54) is 0 Å². The molecule has 6 heteroatoms. The topological polar surface area (TPSA) is 46.5 Å². The molecule has 0 aliphatic heterocycles. The molecule has 0 heterocycles. The second-order valence-corrected chi connectivity index (χ2v) is 2.73. The molecule has 0 amide bonds. The monoisotopic (exact) mass is 204 g/mol. The van der Waals surface area contributed by atoms with Crippen LogP contribution in [0, 0.1) is 0 Å². The maximum Gasteiger partial charge on any atom is 0.364 e. The van der Waals surface area contributed by atoms with Crippen LogP contribution >= 0.6 is 31.5 Å². The molecule has 0 aliphatic carbocycles. The summed E-state index contributed by atoms with van der Waals surface area (Å²) in [5.41, 5.74) is 0.579. The van der Waals surface area contributed by atoms with E-state index in [0.29, 0.717) is 5.57 Å². The van der Waals surface area contributed by atoms with E-state index in [1.807, 2.05) is 0 Å². The van der Waals surface area contributed by atoms with Crippen molar-refractivity contribution in [3.05, 3.63) is 11.8 Å². The van der Waals surface area contributed by atoms with Crippen LogP contribution in [0.1, 0.15) is 0 Å². The lowest BCUT2D eigenvalue weighted by Gasteiger charge is -1.96. The van der Waals surface area contributed by atoms with Gasteiger partial charge in [-0.05, 0) is 5.57 Å². The van der Waals surface area contributed by atoms with Gasteiger partial charge < -0.3 is 9.42 Å². The highest BCUT2D eigenvalue weighted by atomic mass is 35.5. The zero-order valence-corrected chi connectivity index (χ0v) is 7.52. The molecule has 0 fully saturated rings. The SMILES string of the molecule is O=[PH](O)OC=C(CCl)CCl. The third-order valence-electron chi connectivity index (χ3n) is 0.670. The molecule has 0 radical (unpaired) electrons. The van der Waals surface area contributed by atoms with Gasteiger partial charge in [-0.1, -0.05) is 0 Å². The Hall–Kier alpha value is 0.310. The van der Waals surface area contributed by atoms with Gasteiger partial charge in [0.15, 0.2) is 0 Å². The molecule has 0 saturated carbocycles. The normalized spacial score (nSPS) is 12.3. The lowest BCUT2D eigenvalue weighted by atomic mass is 10.4. The number of allylic oxidation sites excluding steroid dienone is 1. The van der Waals surface area contributed by atoms with Crippen LogP contribution in [-0.4, -0.2) is 16.7 Å². The highest BCUT2D eigenvalue weighted by Crippen LogP contribution is 2.16. The Labute approximate surface area is 69.5 Å². The van der Waals surface area contributed by atoms with Gasteiger partial charge in [-0.2, -0.15) is 0 Å². The van der Waals surface area contributed by atoms with Crippen molar-refractivity contribution in [1.29, 1.82) is 0 Å². The van der Waals surface area contributed by atoms with Crippen molar-refractivity contribution >= 4 is 31.5 Å². The first-order valence-electron chi connectivity index (χ1n) is 2.40. The van der Waals surface area contributed by atoms with Crippen molar-refractivity contribution in [3.63, 3.8) is 0 Å². The van der Waals surface area contributed by atoms with Crippen molar-refractivity contribution < 1.29 is 14.0 Å². The third-order valence-corrected chi connectivity index (χ3v) is 1.68. The molecule has 0 aromatic rings. The van der Waals surface area contributed by atoms with Gasteiger partial charge in [0.2, 0.25) is 0 Å². The molecule has 0 aliphatic rings. The first-order chi connectivity index (χ1) is 4.70.